The maximum atomic E-state index is 13.1. The third kappa shape index (κ3) is 3.15. The van der Waals surface area contributed by atoms with Crippen molar-refractivity contribution in [2.45, 2.75) is 24.7 Å². The smallest absolute Gasteiger partial charge is 0.230 e. The fourth-order valence-electron chi connectivity index (χ4n) is 3.27. The van der Waals surface area contributed by atoms with E-state index in [4.69, 9.17) is 4.74 Å². The number of halogens is 1. The molecule has 0 bridgehead atoms. The highest BCUT2D eigenvalue weighted by molar-refractivity contribution is 5.89. The minimum Gasteiger partial charge on any atom is -0.379 e. The van der Waals surface area contributed by atoms with Crippen LogP contribution in [0.4, 0.5) is 4.39 Å². The number of hydrogen-bond acceptors (Lipinski definition) is 3. The van der Waals surface area contributed by atoms with Gasteiger partial charge >= 0.3 is 0 Å². The highest BCUT2D eigenvalue weighted by atomic mass is 19.1. The second kappa shape index (κ2) is 6.75. The number of carbonyl (C=O) groups excluding carboxylic acids is 1. The van der Waals surface area contributed by atoms with Crippen LogP contribution in [-0.4, -0.2) is 50.2 Å². The molecule has 2 fully saturated rings. The summed E-state index contributed by atoms with van der Waals surface area (Å²) in [6, 6.07) is 6.37. The molecule has 1 saturated heterocycles. The van der Waals surface area contributed by atoms with E-state index < -0.39 is 5.41 Å². The minimum atomic E-state index is -0.446. The summed E-state index contributed by atoms with van der Waals surface area (Å²) in [7, 11) is 0. The van der Waals surface area contributed by atoms with E-state index >= 15 is 0 Å². The number of rotatable bonds is 5. The summed E-state index contributed by atoms with van der Waals surface area (Å²) in [6.07, 6.45) is 2.75. The molecule has 22 heavy (non-hydrogen) atoms. The predicted molar refractivity (Wildman–Crippen MR) is 82.2 cm³/mol. The number of amides is 1. The molecule has 1 saturated carbocycles. The Bertz CT molecular complexity index is 508. The number of nitrogens with one attached hydrogen (secondary N) is 1. The van der Waals surface area contributed by atoms with Gasteiger partial charge in [0.05, 0.1) is 18.6 Å². The minimum absolute atomic E-state index is 0.0821. The van der Waals surface area contributed by atoms with Gasteiger partial charge in [-0.2, -0.15) is 0 Å². The summed E-state index contributed by atoms with van der Waals surface area (Å²) in [5.74, 6) is -0.176. The van der Waals surface area contributed by atoms with Crippen LogP contribution in [0.2, 0.25) is 0 Å². The zero-order valence-electron chi connectivity index (χ0n) is 12.8. The molecule has 5 heteroatoms. The van der Waals surface area contributed by atoms with E-state index in [1.807, 2.05) is 0 Å². The monoisotopic (exact) mass is 306 g/mol. The molecule has 1 aromatic rings. The standard InChI is InChI=1S/C17H23FN2O2/c18-15-4-2-14(3-5-15)17(6-1-7-17)16(21)19-8-9-20-10-12-22-13-11-20/h2-5H,1,6-13H2,(H,19,21). The summed E-state index contributed by atoms with van der Waals surface area (Å²) in [4.78, 5) is 14.9. The molecule has 0 spiro atoms. The molecule has 1 N–H and O–H groups in total. The first-order chi connectivity index (χ1) is 10.7. The van der Waals surface area contributed by atoms with Gasteiger partial charge in [-0.15, -0.1) is 0 Å². The maximum Gasteiger partial charge on any atom is 0.230 e. The van der Waals surface area contributed by atoms with Gasteiger partial charge in [0.2, 0.25) is 5.91 Å². The van der Waals surface area contributed by atoms with Gasteiger partial charge in [-0.1, -0.05) is 18.6 Å². The van der Waals surface area contributed by atoms with Crippen LogP contribution in [0.1, 0.15) is 24.8 Å². The maximum absolute atomic E-state index is 13.1. The Morgan fingerprint density at radius 1 is 1.23 bits per heavy atom. The normalized spacial score (nSPS) is 21.1. The number of hydrogen-bond donors (Lipinski definition) is 1. The third-order valence-electron chi connectivity index (χ3n) is 4.86. The van der Waals surface area contributed by atoms with E-state index in [1.165, 1.54) is 12.1 Å². The van der Waals surface area contributed by atoms with Crippen molar-refractivity contribution in [1.29, 1.82) is 0 Å². The molecule has 1 aliphatic carbocycles. The summed E-state index contributed by atoms with van der Waals surface area (Å²) in [6.45, 7) is 4.91. The van der Waals surface area contributed by atoms with Crippen molar-refractivity contribution in [3.63, 3.8) is 0 Å². The van der Waals surface area contributed by atoms with Crippen LogP contribution in [0.15, 0.2) is 24.3 Å². The van der Waals surface area contributed by atoms with E-state index in [1.54, 1.807) is 12.1 Å². The van der Waals surface area contributed by atoms with Crippen molar-refractivity contribution in [3.05, 3.63) is 35.6 Å². The highest BCUT2D eigenvalue weighted by Gasteiger charge is 2.45. The molecule has 1 heterocycles. The summed E-state index contributed by atoms with van der Waals surface area (Å²) < 4.78 is 18.4. The largest absolute Gasteiger partial charge is 0.379 e. The number of nitrogens with zero attached hydrogens (tertiary/aromatic N) is 1. The Hall–Kier alpha value is -1.46. The van der Waals surface area contributed by atoms with E-state index in [-0.39, 0.29) is 11.7 Å². The van der Waals surface area contributed by atoms with Gasteiger partial charge < -0.3 is 10.1 Å². The quantitative estimate of drug-likeness (QED) is 0.900. The average molecular weight is 306 g/mol. The van der Waals surface area contributed by atoms with Crippen molar-refractivity contribution in [3.8, 4) is 0 Å². The molecule has 120 valence electrons. The van der Waals surface area contributed by atoms with Gasteiger partial charge in [-0.3, -0.25) is 9.69 Å². The van der Waals surface area contributed by atoms with Gasteiger partial charge in [-0.25, -0.2) is 4.39 Å². The van der Waals surface area contributed by atoms with Crippen molar-refractivity contribution in [1.82, 2.24) is 10.2 Å². The first-order valence-electron chi connectivity index (χ1n) is 8.05. The van der Waals surface area contributed by atoms with Crippen LogP contribution < -0.4 is 5.32 Å². The van der Waals surface area contributed by atoms with E-state index in [2.05, 4.69) is 10.2 Å². The van der Waals surface area contributed by atoms with Crippen molar-refractivity contribution < 1.29 is 13.9 Å². The van der Waals surface area contributed by atoms with Crippen LogP contribution in [0.5, 0.6) is 0 Å². The lowest BCUT2D eigenvalue weighted by Crippen LogP contribution is -2.51. The molecule has 1 aliphatic heterocycles. The Morgan fingerprint density at radius 2 is 1.91 bits per heavy atom. The number of morpholine rings is 1. The zero-order valence-corrected chi connectivity index (χ0v) is 12.8. The van der Waals surface area contributed by atoms with Gasteiger partial charge in [-0.05, 0) is 30.5 Å². The zero-order chi connectivity index (χ0) is 15.4. The van der Waals surface area contributed by atoms with E-state index in [9.17, 15) is 9.18 Å². The lowest BCUT2D eigenvalue weighted by molar-refractivity contribution is -0.130. The molecule has 0 radical (unpaired) electrons. The number of carbonyl (C=O) groups is 1. The molecular weight excluding hydrogens is 283 g/mol. The van der Waals surface area contributed by atoms with E-state index in [0.29, 0.717) is 6.54 Å². The van der Waals surface area contributed by atoms with Crippen molar-refractivity contribution in [2.24, 2.45) is 0 Å². The summed E-state index contributed by atoms with van der Waals surface area (Å²) in [5, 5.41) is 3.07. The molecule has 1 amide bonds. The molecular formula is C17H23FN2O2. The molecule has 2 aliphatic rings. The molecule has 4 nitrogen and oxygen atoms in total. The second-order valence-electron chi connectivity index (χ2n) is 6.15. The summed E-state index contributed by atoms with van der Waals surface area (Å²) in [5.41, 5.74) is 0.489. The Balaban J connectivity index is 1.56. The Kier molecular flexibility index (Phi) is 4.74. The van der Waals surface area contributed by atoms with Crippen molar-refractivity contribution >= 4 is 5.91 Å². The van der Waals surface area contributed by atoms with Gasteiger partial charge in [0.15, 0.2) is 0 Å². The molecule has 3 rings (SSSR count). The SMILES string of the molecule is O=C(NCCN1CCOCC1)C1(c2ccc(F)cc2)CCC1. The molecule has 0 unspecified atom stereocenters. The third-order valence-corrected chi connectivity index (χ3v) is 4.86. The van der Waals surface area contributed by atoms with Crippen LogP contribution >= 0.6 is 0 Å². The van der Waals surface area contributed by atoms with Crippen molar-refractivity contribution in [2.75, 3.05) is 39.4 Å². The van der Waals surface area contributed by atoms with Gasteiger partial charge in [0.1, 0.15) is 5.82 Å². The predicted octanol–water partition coefficient (Wildman–Crippen LogP) is 1.70. The van der Waals surface area contributed by atoms with Crippen LogP contribution in [-0.2, 0) is 14.9 Å². The molecule has 0 aromatic heterocycles. The lowest BCUT2D eigenvalue weighted by Gasteiger charge is -2.41. The summed E-state index contributed by atoms with van der Waals surface area (Å²) >= 11 is 0. The van der Waals surface area contributed by atoms with Crippen LogP contribution in [0.3, 0.4) is 0 Å². The number of benzene rings is 1. The fourth-order valence-corrected chi connectivity index (χ4v) is 3.27. The highest BCUT2D eigenvalue weighted by Crippen LogP contribution is 2.43. The molecule has 0 atom stereocenters. The topological polar surface area (TPSA) is 41.6 Å². The second-order valence-corrected chi connectivity index (χ2v) is 6.15. The average Bonchev–Trinajstić information content (AvgIpc) is 2.49. The number of ether oxygens (including phenoxy) is 1. The van der Waals surface area contributed by atoms with Gasteiger partial charge in [0.25, 0.3) is 0 Å². The Labute approximate surface area is 130 Å². The lowest BCUT2D eigenvalue weighted by atomic mass is 9.64. The van der Waals surface area contributed by atoms with E-state index in [0.717, 1.165) is 57.7 Å². The molecule has 1 aromatic carbocycles. The van der Waals surface area contributed by atoms with Gasteiger partial charge in [0, 0.05) is 26.2 Å². The fraction of sp³-hybridized carbons (Fsp3) is 0.588. The van der Waals surface area contributed by atoms with Crippen LogP contribution in [0, 0.1) is 5.82 Å². The first kappa shape index (κ1) is 15.4. The van der Waals surface area contributed by atoms with Crippen LogP contribution in [0.25, 0.3) is 0 Å². The first-order valence-corrected chi connectivity index (χ1v) is 8.05. The Morgan fingerprint density at radius 3 is 2.50 bits per heavy atom.